The topological polar surface area (TPSA) is 60.7 Å². The number of carbonyl (C=O) groups excluding carboxylic acids is 1. The maximum Gasteiger partial charge on any atom is 0.224 e. The number of imidazole rings is 1. The SMILES string of the molecule is Cn1cncc1C(=O)c1cnns1. The minimum atomic E-state index is -0.0880. The number of rotatable bonds is 2. The lowest BCUT2D eigenvalue weighted by Crippen LogP contribution is -2.04. The van der Waals surface area contributed by atoms with Crippen LogP contribution in [0.4, 0.5) is 0 Å². The van der Waals surface area contributed by atoms with Crippen molar-refractivity contribution < 1.29 is 4.79 Å². The van der Waals surface area contributed by atoms with Gasteiger partial charge in [0, 0.05) is 7.05 Å². The lowest BCUT2D eigenvalue weighted by atomic mass is 10.3. The fraction of sp³-hybridized carbons (Fsp3) is 0.143. The van der Waals surface area contributed by atoms with Crippen molar-refractivity contribution in [2.45, 2.75) is 0 Å². The number of ketones is 1. The smallest absolute Gasteiger partial charge is 0.224 e. The van der Waals surface area contributed by atoms with E-state index >= 15 is 0 Å². The highest BCUT2D eigenvalue weighted by molar-refractivity contribution is 7.08. The van der Waals surface area contributed by atoms with Crippen LogP contribution in [0.15, 0.2) is 18.7 Å². The maximum absolute atomic E-state index is 11.7. The first-order valence-corrected chi connectivity index (χ1v) is 4.35. The third-order valence-corrected chi connectivity index (χ3v) is 2.30. The van der Waals surface area contributed by atoms with E-state index in [4.69, 9.17) is 0 Å². The first-order valence-electron chi connectivity index (χ1n) is 3.57. The molecule has 0 atom stereocenters. The van der Waals surface area contributed by atoms with Gasteiger partial charge in [-0.25, -0.2) is 4.98 Å². The van der Waals surface area contributed by atoms with Crippen molar-refractivity contribution in [3.63, 3.8) is 0 Å². The molecule has 0 aliphatic rings. The first-order chi connectivity index (χ1) is 6.29. The quantitative estimate of drug-likeness (QED) is 0.653. The predicted octanol–water partition coefficient (Wildman–Crippen LogP) is 0.503. The second-order valence-electron chi connectivity index (χ2n) is 2.50. The molecule has 0 saturated heterocycles. The zero-order valence-corrected chi connectivity index (χ0v) is 7.65. The summed E-state index contributed by atoms with van der Waals surface area (Å²) in [5.74, 6) is -0.0880. The Balaban J connectivity index is 2.39. The van der Waals surface area contributed by atoms with Crippen LogP contribution in [0.25, 0.3) is 0 Å². The maximum atomic E-state index is 11.7. The zero-order valence-electron chi connectivity index (χ0n) is 6.84. The highest BCUT2D eigenvalue weighted by atomic mass is 32.1. The molecule has 2 rings (SSSR count). The summed E-state index contributed by atoms with van der Waals surface area (Å²) in [6, 6.07) is 0. The van der Waals surface area contributed by atoms with Gasteiger partial charge in [-0.2, -0.15) is 0 Å². The minimum Gasteiger partial charge on any atom is -0.331 e. The van der Waals surface area contributed by atoms with E-state index in [-0.39, 0.29) is 5.78 Å². The van der Waals surface area contributed by atoms with Crippen LogP contribution in [0.1, 0.15) is 15.4 Å². The first kappa shape index (κ1) is 8.06. The molecule has 0 aromatic carbocycles. The summed E-state index contributed by atoms with van der Waals surface area (Å²) in [5.41, 5.74) is 0.547. The van der Waals surface area contributed by atoms with Gasteiger partial charge in [-0.3, -0.25) is 4.79 Å². The number of carbonyl (C=O) groups is 1. The summed E-state index contributed by atoms with van der Waals surface area (Å²) in [5, 5.41) is 3.60. The van der Waals surface area contributed by atoms with Crippen LogP contribution in [-0.2, 0) is 7.05 Å². The summed E-state index contributed by atoms with van der Waals surface area (Å²) in [6.45, 7) is 0. The monoisotopic (exact) mass is 194 g/mol. The second kappa shape index (κ2) is 3.06. The van der Waals surface area contributed by atoms with Crippen LogP contribution in [0.5, 0.6) is 0 Å². The van der Waals surface area contributed by atoms with E-state index in [0.29, 0.717) is 10.6 Å². The van der Waals surface area contributed by atoms with Crippen molar-refractivity contribution in [3.05, 3.63) is 29.3 Å². The summed E-state index contributed by atoms with van der Waals surface area (Å²) >= 11 is 1.09. The van der Waals surface area contributed by atoms with Crippen molar-refractivity contribution in [1.82, 2.24) is 19.1 Å². The molecule has 2 aromatic heterocycles. The van der Waals surface area contributed by atoms with E-state index in [1.54, 1.807) is 17.9 Å². The van der Waals surface area contributed by atoms with Crippen molar-refractivity contribution in [2.75, 3.05) is 0 Å². The van der Waals surface area contributed by atoms with Crippen molar-refractivity contribution in [1.29, 1.82) is 0 Å². The molecule has 0 aliphatic heterocycles. The van der Waals surface area contributed by atoms with E-state index in [0.717, 1.165) is 11.5 Å². The molecule has 6 heteroatoms. The molecule has 0 amide bonds. The van der Waals surface area contributed by atoms with Crippen molar-refractivity contribution in [3.8, 4) is 0 Å². The summed E-state index contributed by atoms with van der Waals surface area (Å²) in [6.07, 6.45) is 4.57. The van der Waals surface area contributed by atoms with Crippen LogP contribution in [0, 0.1) is 0 Å². The van der Waals surface area contributed by atoms with Crippen LogP contribution in [0.3, 0.4) is 0 Å². The molecule has 0 N–H and O–H groups in total. The number of aryl methyl sites for hydroxylation is 1. The fourth-order valence-corrected chi connectivity index (χ4v) is 1.43. The molecule has 0 radical (unpaired) electrons. The van der Waals surface area contributed by atoms with E-state index in [2.05, 4.69) is 14.6 Å². The van der Waals surface area contributed by atoms with Crippen molar-refractivity contribution >= 4 is 17.3 Å². The summed E-state index contributed by atoms with van der Waals surface area (Å²) in [7, 11) is 1.77. The molecule has 0 bridgehead atoms. The second-order valence-corrected chi connectivity index (χ2v) is 3.29. The van der Waals surface area contributed by atoms with E-state index in [1.165, 1.54) is 12.4 Å². The van der Waals surface area contributed by atoms with E-state index < -0.39 is 0 Å². The van der Waals surface area contributed by atoms with Gasteiger partial charge in [0.15, 0.2) is 0 Å². The Morgan fingerprint density at radius 2 is 2.38 bits per heavy atom. The van der Waals surface area contributed by atoms with E-state index in [9.17, 15) is 4.79 Å². The summed E-state index contributed by atoms with van der Waals surface area (Å²) in [4.78, 5) is 16.0. The number of aromatic nitrogens is 4. The third kappa shape index (κ3) is 1.35. The van der Waals surface area contributed by atoms with Crippen molar-refractivity contribution in [2.24, 2.45) is 7.05 Å². The lowest BCUT2D eigenvalue weighted by molar-refractivity contribution is 0.103. The van der Waals surface area contributed by atoms with E-state index in [1.807, 2.05) is 0 Å². The van der Waals surface area contributed by atoms with Gasteiger partial charge in [-0.1, -0.05) is 4.49 Å². The molecule has 5 nitrogen and oxygen atoms in total. The Morgan fingerprint density at radius 1 is 1.54 bits per heavy atom. The van der Waals surface area contributed by atoms with Gasteiger partial charge >= 0.3 is 0 Å². The zero-order chi connectivity index (χ0) is 9.26. The molecule has 0 saturated carbocycles. The molecular weight excluding hydrogens is 188 g/mol. The highest BCUT2D eigenvalue weighted by Gasteiger charge is 2.14. The third-order valence-electron chi connectivity index (χ3n) is 1.63. The number of nitrogens with zero attached hydrogens (tertiary/aromatic N) is 4. The Hall–Kier alpha value is -1.56. The van der Waals surface area contributed by atoms with Gasteiger partial charge in [0.2, 0.25) is 5.78 Å². The van der Waals surface area contributed by atoms with Gasteiger partial charge in [-0.15, -0.1) is 5.10 Å². The molecule has 0 spiro atoms. The lowest BCUT2D eigenvalue weighted by Gasteiger charge is -1.96. The molecule has 66 valence electrons. The van der Waals surface area contributed by atoms with Gasteiger partial charge in [-0.05, 0) is 11.5 Å². The molecule has 2 heterocycles. The normalized spacial score (nSPS) is 10.2. The highest BCUT2D eigenvalue weighted by Crippen LogP contribution is 2.09. The molecule has 0 unspecified atom stereocenters. The molecule has 0 fully saturated rings. The summed E-state index contributed by atoms with van der Waals surface area (Å²) < 4.78 is 5.29. The van der Waals surface area contributed by atoms with Crippen LogP contribution < -0.4 is 0 Å². The number of hydrogen-bond acceptors (Lipinski definition) is 5. The molecular formula is C7H6N4OS. The Morgan fingerprint density at radius 3 is 2.92 bits per heavy atom. The molecule has 0 aliphatic carbocycles. The predicted molar refractivity (Wildman–Crippen MR) is 46.5 cm³/mol. The standard InChI is InChI=1S/C7H6N4OS/c1-11-4-8-2-5(11)7(12)6-3-9-10-13-6/h2-4H,1H3. The Kier molecular flexibility index (Phi) is 1.90. The van der Waals surface area contributed by atoms with Gasteiger partial charge < -0.3 is 4.57 Å². The average Bonchev–Trinajstić information content (AvgIpc) is 2.72. The average molecular weight is 194 g/mol. The van der Waals surface area contributed by atoms with Crippen LogP contribution >= 0.6 is 11.5 Å². The number of hydrogen-bond donors (Lipinski definition) is 0. The van der Waals surface area contributed by atoms with Gasteiger partial charge in [0.25, 0.3) is 0 Å². The van der Waals surface area contributed by atoms with Crippen LogP contribution in [-0.4, -0.2) is 24.9 Å². The Bertz CT molecular complexity index is 419. The van der Waals surface area contributed by atoms with Crippen LogP contribution in [0.2, 0.25) is 0 Å². The minimum absolute atomic E-state index is 0.0880. The van der Waals surface area contributed by atoms with Gasteiger partial charge in [0.1, 0.15) is 10.6 Å². The van der Waals surface area contributed by atoms with Gasteiger partial charge in [0.05, 0.1) is 18.7 Å². The molecule has 2 aromatic rings. The fourth-order valence-electron chi connectivity index (χ4n) is 0.969. The largest absolute Gasteiger partial charge is 0.331 e. The molecule has 13 heavy (non-hydrogen) atoms. The Labute approximate surface area is 78.2 Å².